The van der Waals surface area contributed by atoms with Crippen LogP contribution in [0.15, 0.2) is 12.7 Å². The number of amides is 1. The molecular formula is C10H16N2O5. The topological polar surface area (TPSA) is 119 Å². The number of hydrogen-bond donors (Lipinski definition) is 3. The highest BCUT2D eigenvalue weighted by atomic mass is 16.5. The van der Waals surface area contributed by atoms with Gasteiger partial charge in [0.2, 0.25) is 5.91 Å². The number of carbonyl (C=O) groups is 3. The molecular weight excluding hydrogens is 228 g/mol. The van der Waals surface area contributed by atoms with Gasteiger partial charge in [-0.15, -0.1) is 0 Å². The molecule has 0 fully saturated rings. The fourth-order valence-electron chi connectivity index (χ4n) is 0.938. The summed E-state index contributed by atoms with van der Waals surface area (Å²) in [6.07, 6.45) is 0.551. The number of ether oxygens (including phenoxy) is 1. The van der Waals surface area contributed by atoms with E-state index >= 15 is 0 Å². The minimum atomic E-state index is -1.15. The summed E-state index contributed by atoms with van der Waals surface area (Å²) in [6.45, 7) is 4.78. The number of carbonyl (C=O) groups excluding carboxylic acids is 2. The number of carboxylic acid groups (broad SMARTS) is 1. The van der Waals surface area contributed by atoms with Crippen molar-refractivity contribution < 1.29 is 24.2 Å². The third kappa shape index (κ3) is 7.07. The number of aliphatic carboxylic acids is 1. The molecule has 0 aliphatic rings. The highest BCUT2D eigenvalue weighted by molar-refractivity contribution is 5.86. The summed E-state index contributed by atoms with van der Waals surface area (Å²) in [4.78, 5) is 32.4. The van der Waals surface area contributed by atoms with Crippen molar-refractivity contribution in [2.45, 2.75) is 25.4 Å². The Bertz CT molecular complexity index is 316. The Morgan fingerprint density at radius 2 is 2.12 bits per heavy atom. The minimum absolute atomic E-state index is 0.0314. The summed E-state index contributed by atoms with van der Waals surface area (Å²) < 4.78 is 4.69. The molecule has 0 saturated carbocycles. The molecule has 96 valence electrons. The number of rotatable bonds is 7. The van der Waals surface area contributed by atoms with Crippen molar-refractivity contribution in [3.63, 3.8) is 0 Å². The lowest BCUT2D eigenvalue weighted by Crippen LogP contribution is -2.46. The first-order valence-corrected chi connectivity index (χ1v) is 4.93. The standard InChI is InChI=1S/C10H16N2O5/c1-3-9(15)17-5-6(2)12-10(16)7(11)4-8(13)14/h3,6-7H,1,4-5,11H2,2H3,(H,12,16)(H,13,14)/t6-,7+/m0/s1. The third-order valence-corrected chi connectivity index (χ3v) is 1.76. The second-order valence-corrected chi connectivity index (χ2v) is 3.45. The predicted molar refractivity (Wildman–Crippen MR) is 59.0 cm³/mol. The van der Waals surface area contributed by atoms with Gasteiger partial charge in [0.05, 0.1) is 18.5 Å². The van der Waals surface area contributed by atoms with Gasteiger partial charge in [0.25, 0.3) is 0 Å². The summed E-state index contributed by atoms with van der Waals surface area (Å²) in [7, 11) is 0. The van der Waals surface area contributed by atoms with Crippen LogP contribution in [0.5, 0.6) is 0 Å². The Hall–Kier alpha value is -1.89. The number of hydrogen-bond acceptors (Lipinski definition) is 5. The molecule has 1 amide bonds. The summed E-state index contributed by atoms with van der Waals surface area (Å²) in [6, 6.07) is -1.57. The zero-order chi connectivity index (χ0) is 13.4. The van der Waals surface area contributed by atoms with Crippen molar-refractivity contribution in [2.24, 2.45) is 5.73 Å². The Kier molecular flexibility index (Phi) is 6.57. The summed E-state index contributed by atoms with van der Waals surface area (Å²) >= 11 is 0. The molecule has 0 rings (SSSR count). The molecule has 0 heterocycles. The molecule has 17 heavy (non-hydrogen) atoms. The number of nitrogens with one attached hydrogen (secondary N) is 1. The van der Waals surface area contributed by atoms with Crippen LogP contribution in [0.2, 0.25) is 0 Å². The zero-order valence-electron chi connectivity index (χ0n) is 9.51. The van der Waals surface area contributed by atoms with Crippen molar-refractivity contribution in [1.82, 2.24) is 5.32 Å². The summed E-state index contributed by atoms with van der Waals surface area (Å²) in [5.41, 5.74) is 5.33. The monoisotopic (exact) mass is 244 g/mol. The van der Waals surface area contributed by atoms with E-state index in [1.807, 2.05) is 0 Å². The van der Waals surface area contributed by atoms with Crippen molar-refractivity contribution in [3.05, 3.63) is 12.7 Å². The van der Waals surface area contributed by atoms with E-state index in [2.05, 4.69) is 16.6 Å². The van der Waals surface area contributed by atoms with Crippen LogP contribution < -0.4 is 11.1 Å². The van der Waals surface area contributed by atoms with Crippen LogP contribution >= 0.6 is 0 Å². The van der Waals surface area contributed by atoms with Gasteiger partial charge in [-0.05, 0) is 6.92 Å². The summed E-state index contributed by atoms with van der Waals surface area (Å²) in [5, 5.41) is 10.9. The van der Waals surface area contributed by atoms with E-state index in [0.29, 0.717) is 0 Å². The molecule has 7 nitrogen and oxygen atoms in total. The minimum Gasteiger partial charge on any atom is -0.481 e. The molecule has 0 spiro atoms. The second-order valence-electron chi connectivity index (χ2n) is 3.45. The number of nitrogens with two attached hydrogens (primary N) is 1. The number of esters is 1. The van der Waals surface area contributed by atoms with Crippen molar-refractivity contribution in [2.75, 3.05) is 6.61 Å². The molecule has 4 N–H and O–H groups in total. The fourth-order valence-corrected chi connectivity index (χ4v) is 0.938. The molecule has 0 aliphatic carbocycles. The second kappa shape index (κ2) is 7.39. The lowest BCUT2D eigenvalue weighted by molar-refractivity contribution is -0.140. The highest BCUT2D eigenvalue weighted by Crippen LogP contribution is 1.92. The van der Waals surface area contributed by atoms with Crippen LogP contribution in [0.25, 0.3) is 0 Å². The average Bonchev–Trinajstić information content (AvgIpc) is 2.24. The first-order chi connectivity index (χ1) is 7.86. The third-order valence-electron chi connectivity index (χ3n) is 1.76. The van der Waals surface area contributed by atoms with E-state index in [9.17, 15) is 14.4 Å². The van der Waals surface area contributed by atoms with Gasteiger partial charge >= 0.3 is 11.9 Å². The maximum Gasteiger partial charge on any atom is 0.330 e. The maximum atomic E-state index is 11.3. The Morgan fingerprint density at radius 1 is 1.53 bits per heavy atom. The van der Waals surface area contributed by atoms with Crippen LogP contribution in [0.1, 0.15) is 13.3 Å². The average molecular weight is 244 g/mol. The first kappa shape index (κ1) is 15.1. The lowest BCUT2D eigenvalue weighted by atomic mass is 10.2. The Morgan fingerprint density at radius 3 is 2.59 bits per heavy atom. The van der Waals surface area contributed by atoms with Crippen molar-refractivity contribution in [1.29, 1.82) is 0 Å². The lowest BCUT2D eigenvalue weighted by Gasteiger charge is -2.16. The maximum absolute atomic E-state index is 11.3. The van der Waals surface area contributed by atoms with Crippen molar-refractivity contribution >= 4 is 17.8 Å². The van der Waals surface area contributed by atoms with Gasteiger partial charge < -0.3 is 20.9 Å². The van der Waals surface area contributed by atoms with Crippen LogP contribution in [0, 0.1) is 0 Å². The van der Waals surface area contributed by atoms with E-state index in [1.54, 1.807) is 6.92 Å². The van der Waals surface area contributed by atoms with Crippen LogP contribution in [-0.2, 0) is 19.1 Å². The molecule has 0 bridgehead atoms. The van der Waals surface area contributed by atoms with Crippen LogP contribution in [-0.4, -0.2) is 41.6 Å². The highest BCUT2D eigenvalue weighted by Gasteiger charge is 2.18. The van der Waals surface area contributed by atoms with E-state index in [1.165, 1.54) is 0 Å². The molecule has 0 unspecified atom stereocenters. The molecule has 7 heteroatoms. The quantitative estimate of drug-likeness (QED) is 0.391. The van der Waals surface area contributed by atoms with Crippen LogP contribution in [0.4, 0.5) is 0 Å². The molecule has 0 aliphatic heterocycles. The molecule has 0 aromatic carbocycles. The van der Waals surface area contributed by atoms with E-state index in [4.69, 9.17) is 10.8 Å². The first-order valence-electron chi connectivity index (χ1n) is 4.93. The number of carboxylic acids is 1. The summed E-state index contributed by atoms with van der Waals surface area (Å²) in [5.74, 6) is -2.35. The molecule has 0 saturated heterocycles. The van der Waals surface area contributed by atoms with E-state index < -0.39 is 36.4 Å². The fraction of sp³-hybridized carbons (Fsp3) is 0.500. The zero-order valence-corrected chi connectivity index (χ0v) is 9.51. The Balaban J connectivity index is 3.98. The molecule has 2 atom stereocenters. The van der Waals surface area contributed by atoms with Gasteiger partial charge in [-0.2, -0.15) is 0 Å². The Labute approximate surface area is 98.6 Å². The van der Waals surface area contributed by atoms with Crippen molar-refractivity contribution in [3.8, 4) is 0 Å². The van der Waals surface area contributed by atoms with Gasteiger partial charge in [0, 0.05) is 6.08 Å². The van der Waals surface area contributed by atoms with E-state index in [-0.39, 0.29) is 6.61 Å². The SMILES string of the molecule is C=CC(=O)OC[C@H](C)NC(=O)[C@H](N)CC(=O)O. The van der Waals surface area contributed by atoms with Gasteiger partial charge in [-0.1, -0.05) is 6.58 Å². The van der Waals surface area contributed by atoms with Gasteiger partial charge in [-0.25, -0.2) is 4.79 Å². The van der Waals surface area contributed by atoms with E-state index in [0.717, 1.165) is 6.08 Å². The molecule has 0 aromatic rings. The molecule has 0 radical (unpaired) electrons. The van der Waals surface area contributed by atoms with Crippen LogP contribution in [0.3, 0.4) is 0 Å². The normalized spacial score (nSPS) is 13.3. The smallest absolute Gasteiger partial charge is 0.330 e. The van der Waals surface area contributed by atoms with Gasteiger partial charge in [0.1, 0.15) is 6.61 Å². The van der Waals surface area contributed by atoms with Gasteiger partial charge in [0.15, 0.2) is 0 Å². The largest absolute Gasteiger partial charge is 0.481 e. The van der Waals surface area contributed by atoms with Gasteiger partial charge in [-0.3, -0.25) is 9.59 Å². The molecule has 0 aromatic heterocycles. The predicted octanol–water partition coefficient (Wildman–Crippen LogP) is -0.978.